The average molecular weight is 424 g/mol. The normalized spacial score (nSPS) is 16.1. The second-order valence-electron chi connectivity index (χ2n) is 7.26. The van der Waals surface area contributed by atoms with Crippen LogP contribution in [0.5, 0.6) is 0 Å². The van der Waals surface area contributed by atoms with Crippen LogP contribution in [0, 0.1) is 0 Å². The minimum absolute atomic E-state index is 0.131. The van der Waals surface area contributed by atoms with E-state index in [1.165, 1.54) is 17.0 Å². The first kappa shape index (κ1) is 20.4. The third-order valence-corrected chi connectivity index (χ3v) is 6.32. The van der Waals surface area contributed by atoms with Gasteiger partial charge in [0.1, 0.15) is 10.6 Å². The van der Waals surface area contributed by atoms with Crippen molar-refractivity contribution >= 4 is 28.2 Å². The number of carbonyl (C=O) groups is 2. The van der Waals surface area contributed by atoms with Gasteiger partial charge in [0, 0.05) is 42.0 Å². The predicted octanol–water partition coefficient (Wildman–Crippen LogP) is 4.41. The van der Waals surface area contributed by atoms with Crippen molar-refractivity contribution in [3.8, 4) is 11.1 Å². The van der Waals surface area contributed by atoms with Gasteiger partial charge in [-0.3, -0.25) is 9.69 Å². The van der Waals surface area contributed by atoms with Crippen LogP contribution in [0.1, 0.15) is 35.9 Å². The summed E-state index contributed by atoms with van der Waals surface area (Å²) in [4.78, 5) is 27.7. The van der Waals surface area contributed by atoms with Gasteiger partial charge in [0.25, 0.3) is 0 Å². The molecule has 156 valence electrons. The number of nitrogens with one attached hydrogen (secondary N) is 1. The molecule has 0 fully saturated rings. The van der Waals surface area contributed by atoms with Gasteiger partial charge in [-0.25, -0.2) is 4.79 Å². The standard InChI is InChI=1S/C23H25N3O3S/c1-3-29-23(28)21-18(17-8-5-4-6-9-17)15-30-22(21)24-20(27)14-26-13-12-25-11-7-10-19(25)16(26)2/h4-11,15-16H,3,12-14H2,1-2H3,(H,24,27). The van der Waals surface area contributed by atoms with Crippen molar-refractivity contribution in [2.75, 3.05) is 25.0 Å². The number of thiophene rings is 1. The fourth-order valence-corrected chi connectivity index (χ4v) is 4.85. The number of aromatic nitrogens is 1. The first-order chi connectivity index (χ1) is 14.6. The molecule has 0 bridgehead atoms. The number of esters is 1. The Hall–Kier alpha value is -2.90. The van der Waals surface area contributed by atoms with Gasteiger partial charge in [0.15, 0.2) is 0 Å². The Balaban J connectivity index is 1.53. The molecular weight excluding hydrogens is 398 g/mol. The van der Waals surface area contributed by atoms with E-state index in [9.17, 15) is 9.59 Å². The number of amides is 1. The minimum atomic E-state index is -0.419. The summed E-state index contributed by atoms with van der Waals surface area (Å²) in [7, 11) is 0. The number of ether oxygens (including phenoxy) is 1. The van der Waals surface area contributed by atoms with E-state index in [0.29, 0.717) is 10.6 Å². The van der Waals surface area contributed by atoms with Gasteiger partial charge in [-0.05, 0) is 31.5 Å². The number of hydrogen-bond donors (Lipinski definition) is 1. The van der Waals surface area contributed by atoms with Crippen molar-refractivity contribution in [3.63, 3.8) is 0 Å². The Morgan fingerprint density at radius 1 is 1.17 bits per heavy atom. The summed E-state index contributed by atoms with van der Waals surface area (Å²) in [5.74, 6) is -0.550. The van der Waals surface area contributed by atoms with Crippen molar-refractivity contribution < 1.29 is 14.3 Å². The van der Waals surface area contributed by atoms with E-state index in [1.807, 2.05) is 41.8 Å². The zero-order valence-corrected chi connectivity index (χ0v) is 17.9. The third-order valence-electron chi connectivity index (χ3n) is 5.42. The molecule has 1 aliphatic rings. The Kier molecular flexibility index (Phi) is 6.01. The zero-order valence-electron chi connectivity index (χ0n) is 17.1. The highest BCUT2D eigenvalue weighted by molar-refractivity contribution is 7.15. The smallest absolute Gasteiger partial charge is 0.341 e. The van der Waals surface area contributed by atoms with E-state index in [0.717, 1.165) is 24.2 Å². The lowest BCUT2D eigenvalue weighted by molar-refractivity contribution is -0.118. The predicted molar refractivity (Wildman–Crippen MR) is 119 cm³/mol. The average Bonchev–Trinajstić information content (AvgIpc) is 3.38. The molecule has 1 amide bonds. The molecule has 1 aliphatic heterocycles. The van der Waals surface area contributed by atoms with Gasteiger partial charge in [-0.15, -0.1) is 11.3 Å². The van der Waals surface area contributed by atoms with Gasteiger partial charge >= 0.3 is 5.97 Å². The lowest BCUT2D eigenvalue weighted by atomic mass is 10.0. The molecule has 0 aliphatic carbocycles. The van der Waals surface area contributed by atoms with Crippen LogP contribution in [0.4, 0.5) is 5.00 Å². The second kappa shape index (κ2) is 8.85. The van der Waals surface area contributed by atoms with Crippen LogP contribution in [-0.2, 0) is 16.1 Å². The largest absolute Gasteiger partial charge is 0.462 e. The Bertz CT molecular complexity index is 1040. The van der Waals surface area contributed by atoms with Crippen molar-refractivity contribution in [1.82, 2.24) is 9.47 Å². The zero-order chi connectivity index (χ0) is 21.1. The van der Waals surface area contributed by atoms with Crippen LogP contribution in [0.15, 0.2) is 54.0 Å². The third kappa shape index (κ3) is 4.04. The van der Waals surface area contributed by atoms with Gasteiger partial charge < -0.3 is 14.6 Å². The van der Waals surface area contributed by atoms with Gasteiger partial charge in [0.05, 0.1) is 13.2 Å². The lowest BCUT2D eigenvalue weighted by Gasteiger charge is -2.34. The molecule has 1 unspecified atom stereocenters. The maximum Gasteiger partial charge on any atom is 0.341 e. The number of carbonyl (C=O) groups excluding carboxylic acids is 2. The lowest BCUT2D eigenvalue weighted by Crippen LogP contribution is -2.41. The highest BCUT2D eigenvalue weighted by atomic mass is 32.1. The SMILES string of the molecule is CCOC(=O)c1c(-c2ccccc2)csc1NC(=O)CN1CCn2cccc2C1C. The minimum Gasteiger partial charge on any atom is -0.462 e. The molecule has 0 saturated carbocycles. The van der Waals surface area contributed by atoms with E-state index in [4.69, 9.17) is 4.74 Å². The topological polar surface area (TPSA) is 63.6 Å². The van der Waals surface area contributed by atoms with Crippen LogP contribution in [0.3, 0.4) is 0 Å². The number of benzene rings is 1. The quantitative estimate of drug-likeness (QED) is 0.597. The molecule has 2 aromatic heterocycles. The number of hydrogen-bond acceptors (Lipinski definition) is 5. The first-order valence-corrected chi connectivity index (χ1v) is 11.0. The molecule has 7 heteroatoms. The Labute approximate surface area is 180 Å². The fraction of sp³-hybridized carbons (Fsp3) is 0.304. The summed E-state index contributed by atoms with van der Waals surface area (Å²) in [6.07, 6.45) is 2.08. The fourth-order valence-electron chi connectivity index (χ4n) is 3.88. The molecule has 3 aromatic rings. The van der Waals surface area contributed by atoms with Gasteiger partial charge in [-0.1, -0.05) is 30.3 Å². The summed E-state index contributed by atoms with van der Waals surface area (Å²) < 4.78 is 7.50. The number of nitrogens with zero attached hydrogens (tertiary/aromatic N) is 2. The molecule has 6 nitrogen and oxygen atoms in total. The molecule has 0 saturated heterocycles. The summed E-state index contributed by atoms with van der Waals surface area (Å²) >= 11 is 1.35. The van der Waals surface area contributed by atoms with Crippen LogP contribution in [0.2, 0.25) is 0 Å². The van der Waals surface area contributed by atoms with Gasteiger partial charge in [0.2, 0.25) is 5.91 Å². The second-order valence-corrected chi connectivity index (χ2v) is 8.14. The van der Waals surface area contributed by atoms with E-state index in [-0.39, 0.29) is 25.1 Å². The van der Waals surface area contributed by atoms with E-state index in [2.05, 4.69) is 34.0 Å². The first-order valence-electron chi connectivity index (χ1n) is 10.1. The molecular formula is C23H25N3O3S. The number of fused-ring (bicyclic) bond motifs is 1. The van der Waals surface area contributed by atoms with Crippen molar-refractivity contribution in [2.24, 2.45) is 0 Å². The summed E-state index contributed by atoms with van der Waals surface area (Å²) in [6.45, 7) is 6.11. The van der Waals surface area contributed by atoms with Gasteiger partial charge in [-0.2, -0.15) is 0 Å². The van der Waals surface area contributed by atoms with Crippen molar-refractivity contribution in [3.05, 3.63) is 65.3 Å². The molecule has 1 atom stereocenters. The Morgan fingerprint density at radius 3 is 2.73 bits per heavy atom. The van der Waals surface area contributed by atoms with Crippen LogP contribution in [0.25, 0.3) is 11.1 Å². The Morgan fingerprint density at radius 2 is 1.97 bits per heavy atom. The maximum absolute atomic E-state index is 12.8. The van der Waals surface area contributed by atoms with Crippen molar-refractivity contribution in [2.45, 2.75) is 26.4 Å². The summed E-state index contributed by atoms with van der Waals surface area (Å²) in [6, 6.07) is 14.0. The maximum atomic E-state index is 12.8. The molecule has 0 spiro atoms. The molecule has 3 heterocycles. The number of anilines is 1. The highest BCUT2D eigenvalue weighted by Crippen LogP contribution is 2.36. The molecule has 30 heavy (non-hydrogen) atoms. The van der Waals surface area contributed by atoms with E-state index in [1.54, 1.807) is 6.92 Å². The summed E-state index contributed by atoms with van der Waals surface area (Å²) in [5.41, 5.74) is 3.33. The monoisotopic (exact) mass is 423 g/mol. The van der Waals surface area contributed by atoms with E-state index >= 15 is 0 Å². The van der Waals surface area contributed by atoms with Crippen LogP contribution >= 0.6 is 11.3 Å². The molecule has 4 rings (SSSR count). The number of rotatable bonds is 6. The van der Waals surface area contributed by atoms with Crippen molar-refractivity contribution in [1.29, 1.82) is 0 Å². The molecule has 1 aromatic carbocycles. The molecule has 0 radical (unpaired) electrons. The highest BCUT2D eigenvalue weighted by Gasteiger charge is 2.27. The summed E-state index contributed by atoms with van der Waals surface area (Å²) in [5, 5.41) is 5.39. The van der Waals surface area contributed by atoms with E-state index < -0.39 is 5.97 Å². The molecule has 1 N–H and O–H groups in total. The van der Waals surface area contributed by atoms with Crippen LogP contribution in [-0.4, -0.2) is 41.0 Å². The van der Waals surface area contributed by atoms with Crippen LogP contribution < -0.4 is 5.32 Å².